The Bertz CT molecular complexity index is 479. The lowest BCUT2D eigenvalue weighted by molar-refractivity contribution is -0.121. The van der Waals surface area contributed by atoms with Crippen LogP contribution in [0.15, 0.2) is 24.3 Å². The Hall–Kier alpha value is -1.88. The van der Waals surface area contributed by atoms with Gasteiger partial charge in [-0.05, 0) is 24.1 Å². The van der Waals surface area contributed by atoms with Crippen LogP contribution in [0.1, 0.15) is 35.7 Å². The van der Waals surface area contributed by atoms with Gasteiger partial charge in [-0.15, -0.1) is 0 Å². The molecule has 1 saturated heterocycles. The molecule has 2 N–H and O–H groups in total. The van der Waals surface area contributed by atoms with Crippen molar-refractivity contribution in [3.8, 4) is 0 Å². The maximum absolute atomic E-state index is 12.3. The highest BCUT2D eigenvalue weighted by molar-refractivity contribution is 5.94. The normalized spacial score (nSPS) is 14.8. The molecule has 1 aliphatic rings. The summed E-state index contributed by atoms with van der Waals surface area (Å²) in [5.74, 6) is 0.150. The maximum Gasteiger partial charge on any atom is 0.253 e. The Morgan fingerprint density at radius 3 is 2.48 bits per heavy atom. The lowest BCUT2D eigenvalue weighted by Gasteiger charge is -2.27. The Labute approximate surface area is 125 Å². The summed E-state index contributed by atoms with van der Waals surface area (Å²) in [5, 5.41) is 6.10. The molecule has 0 aliphatic carbocycles. The highest BCUT2D eigenvalue weighted by Crippen LogP contribution is 2.08. The molecule has 0 bridgehead atoms. The highest BCUT2D eigenvalue weighted by Gasteiger charge is 2.17. The van der Waals surface area contributed by atoms with E-state index in [-0.39, 0.29) is 11.8 Å². The Balaban J connectivity index is 1.89. The minimum Gasteiger partial charge on any atom is -0.352 e. The fourth-order valence-electron chi connectivity index (χ4n) is 2.33. The molecule has 0 spiro atoms. The second-order valence-corrected chi connectivity index (χ2v) is 5.27. The molecule has 114 valence electrons. The van der Waals surface area contributed by atoms with Gasteiger partial charge in [0.1, 0.15) is 0 Å². The first-order valence-electron chi connectivity index (χ1n) is 7.56. The van der Waals surface area contributed by atoms with Gasteiger partial charge in [-0.3, -0.25) is 9.59 Å². The van der Waals surface area contributed by atoms with Crippen LogP contribution in [0.25, 0.3) is 0 Å². The van der Waals surface area contributed by atoms with Crippen molar-refractivity contribution in [3.05, 3.63) is 35.4 Å². The number of carbonyl (C=O) groups excluding carboxylic acids is 2. The Kier molecular flexibility index (Phi) is 5.75. The Morgan fingerprint density at radius 1 is 1.19 bits per heavy atom. The average molecular weight is 289 g/mol. The number of hydrogen-bond donors (Lipinski definition) is 2. The number of carbonyl (C=O) groups is 2. The third kappa shape index (κ3) is 4.56. The van der Waals surface area contributed by atoms with E-state index in [0.29, 0.717) is 18.5 Å². The predicted molar refractivity (Wildman–Crippen MR) is 82.0 cm³/mol. The van der Waals surface area contributed by atoms with Gasteiger partial charge in [-0.2, -0.15) is 0 Å². The van der Waals surface area contributed by atoms with E-state index in [4.69, 9.17) is 0 Å². The van der Waals surface area contributed by atoms with Crippen molar-refractivity contribution in [3.63, 3.8) is 0 Å². The standard InChI is InChI=1S/C16H23N3O2/c1-2-3-15(20)18-12-13-4-6-14(7-5-13)16(21)19-10-8-17-9-11-19/h4-7,17H,2-3,8-12H2,1H3,(H,18,20). The van der Waals surface area contributed by atoms with Gasteiger partial charge in [0.15, 0.2) is 0 Å². The molecule has 0 atom stereocenters. The molecule has 1 aliphatic heterocycles. The Morgan fingerprint density at radius 2 is 1.86 bits per heavy atom. The first-order valence-corrected chi connectivity index (χ1v) is 7.56. The summed E-state index contributed by atoms with van der Waals surface area (Å²) >= 11 is 0. The fraction of sp³-hybridized carbons (Fsp3) is 0.500. The number of piperazine rings is 1. The van der Waals surface area contributed by atoms with Crippen molar-refractivity contribution in [1.82, 2.24) is 15.5 Å². The van der Waals surface area contributed by atoms with Crippen molar-refractivity contribution < 1.29 is 9.59 Å². The van der Waals surface area contributed by atoms with E-state index in [1.807, 2.05) is 36.1 Å². The number of hydrogen-bond acceptors (Lipinski definition) is 3. The van der Waals surface area contributed by atoms with Gasteiger partial charge in [0, 0.05) is 44.7 Å². The van der Waals surface area contributed by atoms with E-state index in [1.54, 1.807) is 0 Å². The van der Waals surface area contributed by atoms with Crippen LogP contribution >= 0.6 is 0 Å². The summed E-state index contributed by atoms with van der Waals surface area (Å²) in [6.07, 6.45) is 1.41. The summed E-state index contributed by atoms with van der Waals surface area (Å²) in [7, 11) is 0. The molecule has 5 nitrogen and oxygen atoms in total. The predicted octanol–water partition coefficient (Wildman–Crippen LogP) is 1.15. The van der Waals surface area contributed by atoms with Crippen molar-refractivity contribution in [2.45, 2.75) is 26.3 Å². The van der Waals surface area contributed by atoms with Crippen LogP contribution in [0.3, 0.4) is 0 Å². The molecule has 5 heteroatoms. The summed E-state index contributed by atoms with van der Waals surface area (Å²) in [6, 6.07) is 7.49. The van der Waals surface area contributed by atoms with Crippen LogP contribution in [-0.2, 0) is 11.3 Å². The summed E-state index contributed by atoms with van der Waals surface area (Å²) in [4.78, 5) is 25.6. The van der Waals surface area contributed by atoms with Crippen molar-refractivity contribution >= 4 is 11.8 Å². The molecule has 0 radical (unpaired) electrons. The van der Waals surface area contributed by atoms with E-state index >= 15 is 0 Å². The molecule has 1 fully saturated rings. The lowest BCUT2D eigenvalue weighted by Crippen LogP contribution is -2.46. The van der Waals surface area contributed by atoms with Crippen LogP contribution in [0.5, 0.6) is 0 Å². The molecule has 1 aromatic carbocycles. The monoisotopic (exact) mass is 289 g/mol. The largest absolute Gasteiger partial charge is 0.352 e. The lowest BCUT2D eigenvalue weighted by atomic mass is 10.1. The molecular formula is C16H23N3O2. The molecule has 1 heterocycles. The van der Waals surface area contributed by atoms with E-state index in [9.17, 15) is 9.59 Å². The number of rotatable bonds is 5. The SMILES string of the molecule is CCCC(=O)NCc1ccc(C(=O)N2CCNCC2)cc1. The van der Waals surface area contributed by atoms with Gasteiger partial charge in [-0.25, -0.2) is 0 Å². The molecule has 0 unspecified atom stereocenters. The van der Waals surface area contributed by atoms with Gasteiger partial charge in [0.25, 0.3) is 5.91 Å². The number of benzene rings is 1. The van der Waals surface area contributed by atoms with Gasteiger partial charge in [-0.1, -0.05) is 19.1 Å². The van der Waals surface area contributed by atoms with Crippen LogP contribution < -0.4 is 10.6 Å². The fourth-order valence-corrected chi connectivity index (χ4v) is 2.33. The number of amides is 2. The zero-order valence-electron chi connectivity index (χ0n) is 12.5. The van der Waals surface area contributed by atoms with E-state index in [1.165, 1.54) is 0 Å². The first-order chi connectivity index (χ1) is 10.2. The van der Waals surface area contributed by atoms with Crippen molar-refractivity contribution in [2.75, 3.05) is 26.2 Å². The van der Waals surface area contributed by atoms with Crippen LogP contribution in [0.2, 0.25) is 0 Å². The zero-order chi connectivity index (χ0) is 15.1. The molecule has 0 saturated carbocycles. The van der Waals surface area contributed by atoms with Crippen LogP contribution in [-0.4, -0.2) is 42.9 Å². The van der Waals surface area contributed by atoms with E-state index < -0.39 is 0 Å². The average Bonchev–Trinajstić information content (AvgIpc) is 2.54. The second-order valence-electron chi connectivity index (χ2n) is 5.27. The quantitative estimate of drug-likeness (QED) is 0.855. The third-order valence-corrected chi connectivity index (χ3v) is 3.57. The minimum atomic E-state index is 0.0680. The first kappa shape index (κ1) is 15.5. The summed E-state index contributed by atoms with van der Waals surface area (Å²) in [5.41, 5.74) is 1.72. The van der Waals surface area contributed by atoms with E-state index in [0.717, 1.165) is 38.2 Å². The summed E-state index contributed by atoms with van der Waals surface area (Å²) in [6.45, 7) is 5.72. The molecular weight excluding hydrogens is 266 g/mol. The third-order valence-electron chi connectivity index (χ3n) is 3.57. The molecule has 2 rings (SSSR count). The van der Waals surface area contributed by atoms with Crippen LogP contribution in [0, 0.1) is 0 Å². The molecule has 2 amide bonds. The molecule has 0 aromatic heterocycles. The van der Waals surface area contributed by atoms with Crippen molar-refractivity contribution in [1.29, 1.82) is 0 Å². The highest BCUT2D eigenvalue weighted by atomic mass is 16.2. The van der Waals surface area contributed by atoms with Gasteiger partial charge in [0.05, 0.1) is 0 Å². The smallest absolute Gasteiger partial charge is 0.253 e. The van der Waals surface area contributed by atoms with Crippen LogP contribution in [0.4, 0.5) is 0 Å². The zero-order valence-corrected chi connectivity index (χ0v) is 12.5. The maximum atomic E-state index is 12.3. The molecule has 1 aromatic rings. The number of nitrogens with zero attached hydrogens (tertiary/aromatic N) is 1. The second kappa shape index (κ2) is 7.78. The van der Waals surface area contributed by atoms with Crippen molar-refractivity contribution in [2.24, 2.45) is 0 Å². The minimum absolute atomic E-state index is 0.0680. The van der Waals surface area contributed by atoms with E-state index in [2.05, 4.69) is 10.6 Å². The molecule has 21 heavy (non-hydrogen) atoms. The topological polar surface area (TPSA) is 61.4 Å². The van der Waals surface area contributed by atoms with Gasteiger partial charge < -0.3 is 15.5 Å². The van der Waals surface area contributed by atoms with Gasteiger partial charge >= 0.3 is 0 Å². The number of nitrogens with one attached hydrogen (secondary N) is 2. The van der Waals surface area contributed by atoms with Gasteiger partial charge in [0.2, 0.25) is 5.91 Å². The summed E-state index contributed by atoms with van der Waals surface area (Å²) < 4.78 is 0.